The van der Waals surface area contributed by atoms with E-state index in [1.165, 1.54) is 19.2 Å². The first-order chi connectivity index (χ1) is 7.60. The Bertz CT molecular complexity index is 393. The molecule has 16 heavy (non-hydrogen) atoms. The average molecular weight is 227 g/mol. The predicted octanol–water partition coefficient (Wildman–Crippen LogP) is 1.35. The topological polar surface area (TPSA) is 61.5 Å². The number of ether oxygens (including phenoxy) is 1. The number of carbonyl (C=O) groups excluding carboxylic acids is 1. The van der Waals surface area contributed by atoms with Crippen LogP contribution in [0.15, 0.2) is 12.1 Å². The molecule has 0 atom stereocenters. The van der Waals surface area contributed by atoms with Crippen LogP contribution in [-0.4, -0.2) is 19.7 Å². The van der Waals surface area contributed by atoms with Gasteiger partial charge >= 0.3 is 5.97 Å². The summed E-state index contributed by atoms with van der Waals surface area (Å²) in [5, 5.41) is 0. The highest BCUT2D eigenvalue weighted by molar-refractivity contribution is 5.91. The van der Waals surface area contributed by atoms with Crippen LogP contribution in [0.2, 0.25) is 0 Å². The van der Waals surface area contributed by atoms with E-state index in [-0.39, 0.29) is 12.4 Å². The summed E-state index contributed by atoms with van der Waals surface area (Å²) < 4.78 is 18.1. The zero-order chi connectivity index (χ0) is 12.1. The maximum atomic E-state index is 13.5. The summed E-state index contributed by atoms with van der Waals surface area (Å²) in [6.07, 6.45) is 0.312. The van der Waals surface area contributed by atoms with E-state index in [2.05, 4.69) is 9.57 Å². The predicted molar refractivity (Wildman–Crippen MR) is 56.3 cm³/mol. The van der Waals surface area contributed by atoms with E-state index in [1.807, 2.05) is 0 Å². The lowest BCUT2D eigenvalue weighted by molar-refractivity contribution is 0.0599. The second-order valence-corrected chi connectivity index (χ2v) is 3.37. The third-order valence-electron chi connectivity index (χ3n) is 2.29. The zero-order valence-corrected chi connectivity index (χ0v) is 9.25. The Morgan fingerprint density at radius 3 is 2.75 bits per heavy atom. The van der Waals surface area contributed by atoms with Gasteiger partial charge in [0.1, 0.15) is 5.82 Å². The van der Waals surface area contributed by atoms with Crippen molar-refractivity contribution in [2.24, 2.45) is 5.90 Å². The molecule has 0 bridgehead atoms. The van der Waals surface area contributed by atoms with Crippen molar-refractivity contribution in [2.75, 3.05) is 13.7 Å². The first kappa shape index (κ1) is 12.6. The average Bonchev–Trinajstić information content (AvgIpc) is 2.27. The second kappa shape index (κ2) is 5.58. The maximum Gasteiger partial charge on any atom is 0.338 e. The Kier molecular flexibility index (Phi) is 4.39. The molecule has 0 heterocycles. The number of aryl methyl sites for hydroxylation is 1. The van der Waals surface area contributed by atoms with Crippen molar-refractivity contribution in [3.63, 3.8) is 0 Å². The van der Waals surface area contributed by atoms with Gasteiger partial charge in [-0.15, -0.1) is 0 Å². The molecule has 0 saturated carbocycles. The van der Waals surface area contributed by atoms with Gasteiger partial charge in [0.05, 0.1) is 19.3 Å². The SMILES string of the molecule is COC(=O)c1cc(CCON)c(F)cc1C. The first-order valence-corrected chi connectivity index (χ1v) is 4.79. The molecule has 0 saturated heterocycles. The smallest absolute Gasteiger partial charge is 0.338 e. The molecule has 0 amide bonds. The summed E-state index contributed by atoms with van der Waals surface area (Å²) in [6.45, 7) is 1.85. The quantitative estimate of drug-likeness (QED) is 0.623. The monoisotopic (exact) mass is 227 g/mol. The summed E-state index contributed by atoms with van der Waals surface area (Å²) in [6, 6.07) is 2.77. The lowest BCUT2D eigenvalue weighted by atomic mass is 10.0. The van der Waals surface area contributed by atoms with E-state index >= 15 is 0 Å². The van der Waals surface area contributed by atoms with Crippen LogP contribution >= 0.6 is 0 Å². The molecule has 1 aromatic rings. The fourth-order valence-electron chi connectivity index (χ4n) is 1.41. The molecule has 4 nitrogen and oxygen atoms in total. The molecule has 0 unspecified atom stereocenters. The lowest BCUT2D eigenvalue weighted by Crippen LogP contribution is -2.09. The Morgan fingerprint density at radius 1 is 1.50 bits per heavy atom. The van der Waals surface area contributed by atoms with Crippen molar-refractivity contribution in [3.05, 3.63) is 34.6 Å². The van der Waals surface area contributed by atoms with Gasteiger partial charge in [0.25, 0.3) is 0 Å². The second-order valence-electron chi connectivity index (χ2n) is 3.37. The third-order valence-corrected chi connectivity index (χ3v) is 2.29. The van der Waals surface area contributed by atoms with Gasteiger partial charge in [-0.1, -0.05) is 0 Å². The van der Waals surface area contributed by atoms with Crippen molar-refractivity contribution in [1.29, 1.82) is 0 Å². The van der Waals surface area contributed by atoms with Crippen molar-refractivity contribution >= 4 is 5.97 Å². The standard InChI is InChI=1S/C11H14FNO3/c1-7-5-10(12)8(3-4-16-13)6-9(7)11(14)15-2/h5-6H,3-4,13H2,1-2H3. The highest BCUT2D eigenvalue weighted by Crippen LogP contribution is 2.17. The van der Waals surface area contributed by atoms with E-state index in [9.17, 15) is 9.18 Å². The van der Waals surface area contributed by atoms with Crippen molar-refractivity contribution in [2.45, 2.75) is 13.3 Å². The number of benzene rings is 1. The number of hydrogen-bond acceptors (Lipinski definition) is 4. The van der Waals surface area contributed by atoms with Crippen LogP contribution in [0.1, 0.15) is 21.5 Å². The number of rotatable bonds is 4. The molecule has 1 rings (SSSR count). The lowest BCUT2D eigenvalue weighted by Gasteiger charge is -2.08. The molecule has 0 aliphatic rings. The fourth-order valence-corrected chi connectivity index (χ4v) is 1.41. The fraction of sp³-hybridized carbons (Fsp3) is 0.364. The van der Waals surface area contributed by atoms with Gasteiger partial charge in [-0.2, -0.15) is 0 Å². The molecule has 88 valence electrons. The van der Waals surface area contributed by atoms with Gasteiger partial charge in [-0.25, -0.2) is 15.1 Å². The van der Waals surface area contributed by atoms with Gasteiger partial charge in [0.15, 0.2) is 0 Å². The molecule has 0 fully saturated rings. The largest absolute Gasteiger partial charge is 0.465 e. The summed E-state index contributed by atoms with van der Waals surface area (Å²) in [4.78, 5) is 15.7. The Labute approximate surface area is 93.1 Å². The van der Waals surface area contributed by atoms with E-state index in [4.69, 9.17) is 5.90 Å². The Morgan fingerprint density at radius 2 is 2.19 bits per heavy atom. The van der Waals surface area contributed by atoms with E-state index in [0.29, 0.717) is 23.1 Å². The first-order valence-electron chi connectivity index (χ1n) is 4.79. The van der Waals surface area contributed by atoms with Crippen LogP contribution in [0.25, 0.3) is 0 Å². The molecule has 0 aliphatic carbocycles. The van der Waals surface area contributed by atoms with E-state index in [1.54, 1.807) is 6.92 Å². The summed E-state index contributed by atoms with van der Waals surface area (Å²) in [5.74, 6) is 4.01. The number of carbonyl (C=O) groups is 1. The van der Waals surface area contributed by atoms with Crippen LogP contribution in [0.3, 0.4) is 0 Å². The van der Waals surface area contributed by atoms with Gasteiger partial charge in [0.2, 0.25) is 0 Å². The molecule has 0 aliphatic heterocycles. The molecule has 0 spiro atoms. The maximum absolute atomic E-state index is 13.5. The van der Waals surface area contributed by atoms with Crippen LogP contribution in [0, 0.1) is 12.7 Å². The van der Waals surface area contributed by atoms with Gasteiger partial charge < -0.3 is 9.57 Å². The number of hydrogen-bond donors (Lipinski definition) is 1. The normalized spacial score (nSPS) is 10.2. The van der Waals surface area contributed by atoms with Gasteiger partial charge in [-0.3, -0.25) is 0 Å². The zero-order valence-electron chi connectivity index (χ0n) is 9.25. The summed E-state index contributed by atoms with van der Waals surface area (Å²) in [7, 11) is 1.29. The molecule has 2 N–H and O–H groups in total. The van der Waals surface area contributed by atoms with Crippen molar-refractivity contribution < 1.29 is 18.8 Å². The summed E-state index contributed by atoms with van der Waals surface area (Å²) >= 11 is 0. The van der Waals surface area contributed by atoms with Crippen LogP contribution < -0.4 is 5.90 Å². The number of methoxy groups -OCH3 is 1. The van der Waals surface area contributed by atoms with E-state index < -0.39 is 5.97 Å². The van der Waals surface area contributed by atoms with Crippen LogP contribution in [0.4, 0.5) is 4.39 Å². The Balaban J connectivity index is 3.06. The number of nitrogens with two attached hydrogens (primary N) is 1. The minimum Gasteiger partial charge on any atom is -0.465 e. The molecule has 0 radical (unpaired) electrons. The van der Waals surface area contributed by atoms with Crippen LogP contribution in [-0.2, 0) is 16.0 Å². The van der Waals surface area contributed by atoms with E-state index in [0.717, 1.165) is 0 Å². The molecular formula is C11H14FNO3. The van der Waals surface area contributed by atoms with Crippen molar-refractivity contribution in [1.82, 2.24) is 0 Å². The van der Waals surface area contributed by atoms with Crippen molar-refractivity contribution in [3.8, 4) is 0 Å². The minimum atomic E-state index is -0.479. The number of esters is 1. The third kappa shape index (κ3) is 2.77. The van der Waals surface area contributed by atoms with Crippen LogP contribution in [0.5, 0.6) is 0 Å². The minimum absolute atomic E-state index is 0.195. The van der Waals surface area contributed by atoms with Gasteiger partial charge in [-0.05, 0) is 30.2 Å². The highest BCUT2D eigenvalue weighted by atomic mass is 19.1. The highest BCUT2D eigenvalue weighted by Gasteiger charge is 2.13. The molecule has 5 heteroatoms. The van der Waals surface area contributed by atoms with Gasteiger partial charge in [0, 0.05) is 6.42 Å². The number of halogens is 1. The summed E-state index contributed by atoms with van der Waals surface area (Å²) in [5.41, 5.74) is 1.29. The molecular weight excluding hydrogens is 213 g/mol. The Hall–Kier alpha value is -1.46. The molecule has 1 aromatic carbocycles. The molecule has 0 aromatic heterocycles.